The highest BCUT2D eigenvalue weighted by Crippen LogP contribution is 2.07. The summed E-state index contributed by atoms with van der Waals surface area (Å²) in [6, 6.07) is -9.05. The first kappa shape index (κ1) is 43.9. The number of carboxylic acid groups (broad SMARTS) is 2. The minimum atomic E-state index is -1.74. The number of carbonyl (C=O) groups excluding carboxylic acids is 6. The Balaban J connectivity index is 5.62. The predicted octanol–water partition coefficient (Wildman–Crippen LogP) is -5.42. The van der Waals surface area contributed by atoms with Crippen LogP contribution in [0.2, 0.25) is 0 Å². The molecule has 7 atom stereocenters. The Morgan fingerprint density at radius 1 is 0.708 bits per heavy atom. The molecule has 0 aliphatic heterocycles. The van der Waals surface area contributed by atoms with E-state index in [0.29, 0.717) is 5.75 Å². The number of aliphatic hydroxyl groups excluding tert-OH is 3. The van der Waals surface area contributed by atoms with E-state index in [1.165, 1.54) is 11.8 Å². The number of aliphatic hydroxyl groups is 3. The van der Waals surface area contributed by atoms with Gasteiger partial charge in [0.25, 0.3) is 0 Å². The Kier molecular flexibility index (Phi) is 20.6. The molecule has 0 aliphatic carbocycles. The van der Waals surface area contributed by atoms with E-state index >= 15 is 0 Å². The minimum absolute atomic E-state index is 0.0108. The van der Waals surface area contributed by atoms with Crippen LogP contribution >= 0.6 is 11.8 Å². The van der Waals surface area contributed by atoms with E-state index in [-0.39, 0.29) is 18.8 Å². The Bertz CT molecular complexity index is 1140. The van der Waals surface area contributed by atoms with Gasteiger partial charge >= 0.3 is 11.9 Å². The Labute approximate surface area is 280 Å². The first-order chi connectivity index (χ1) is 22.4. The van der Waals surface area contributed by atoms with E-state index in [0.717, 1.165) is 6.92 Å². The maximum Gasteiger partial charge on any atom is 0.328 e. The molecule has 0 bridgehead atoms. The van der Waals surface area contributed by atoms with Gasteiger partial charge in [-0.1, -0.05) is 13.8 Å². The molecule has 0 unspecified atom stereocenters. The van der Waals surface area contributed by atoms with Gasteiger partial charge in [-0.15, -0.1) is 0 Å². The predicted molar refractivity (Wildman–Crippen MR) is 169 cm³/mol. The smallest absolute Gasteiger partial charge is 0.328 e. The zero-order valence-electron chi connectivity index (χ0n) is 27.1. The second kappa shape index (κ2) is 22.5. The molecule has 0 fully saturated rings. The van der Waals surface area contributed by atoms with Gasteiger partial charge in [-0.2, -0.15) is 11.8 Å². The number of hydrogen-bond acceptors (Lipinski definition) is 13. The van der Waals surface area contributed by atoms with Gasteiger partial charge in [0.05, 0.1) is 38.3 Å². The molecule has 0 spiro atoms. The van der Waals surface area contributed by atoms with Gasteiger partial charge < -0.3 is 63.2 Å². The summed E-state index contributed by atoms with van der Waals surface area (Å²) in [4.78, 5) is 98.1. The first-order valence-electron chi connectivity index (χ1n) is 14.8. The molecule has 0 aromatic rings. The minimum Gasteiger partial charge on any atom is -0.481 e. The van der Waals surface area contributed by atoms with Crippen molar-refractivity contribution in [3.8, 4) is 0 Å². The molecule has 0 aromatic heterocycles. The van der Waals surface area contributed by atoms with Crippen molar-refractivity contribution in [3.05, 3.63) is 0 Å². The van der Waals surface area contributed by atoms with Crippen molar-refractivity contribution in [1.82, 2.24) is 31.9 Å². The van der Waals surface area contributed by atoms with Crippen LogP contribution in [0.4, 0.5) is 0 Å². The molecular formula is C27H47N7O13S. The van der Waals surface area contributed by atoms with Crippen LogP contribution in [-0.4, -0.2) is 147 Å². The lowest BCUT2D eigenvalue weighted by atomic mass is 10.0. The molecule has 0 aromatic carbocycles. The number of nitrogens with one attached hydrogen (secondary N) is 6. The van der Waals surface area contributed by atoms with Crippen molar-refractivity contribution >= 4 is 59.1 Å². The maximum absolute atomic E-state index is 13.1. The van der Waals surface area contributed by atoms with Crippen LogP contribution in [0.1, 0.15) is 40.0 Å². The fourth-order valence-electron chi connectivity index (χ4n) is 3.88. The van der Waals surface area contributed by atoms with Gasteiger partial charge in [0, 0.05) is 0 Å². The van der Waals surface area contributed by atoms with Crippen molar-refractivity contribution in [2.75, 3.05) is 31.8 Å². The fraction of sp³-hybridized carbons (Fsp3) is 0.704. The van der Waals surface area contributed by atoms with E-state index < -0.39 is 116 Å². The highest BCUT2D eigenvalue weighted by molar-refractivity contribution is 7.98. The highest BCUT2D eigenvalue weighted by Gasteiger charge is 2.33. The van der Waals surface area contributed by atoms with Crippen LogP contribution in [0.5, 0.6) is 0 Å². The number of amides is 6. The van der Waals surface area contributed by atoms with Gasteiger partial charge in [-0.05, 0) is 37.7 Å². The van der Waals surface area contributed by atoms with Crippen molar-refractivity contribution in [1.29, 1.82) is 0 Å². The molecule has 0 saturated heterocycles. The molecule has 0 saturated carbocycles. The summed E-state index contributed by atoms with van der Waals surface area (Å²) in [5.41, 5.74) is 5.44. The number of carbonyl (C=O) groups is 8. The van der Waals surface area contributed by atoms with Crippen molar-refractivity contribution in [2.24, 2.45) is 11.7 Å². The number of aliphatic carboxylic acids is 2. The number of carboxylic acids is 2. The third-order valence-electron chi connectivity index (χ3n) is 6.43. The van der Waals surface area contributed by atoms with Crippen molar-refractivity contribution in [2.45, 2.75) is 82.4 Å². The second-order valence-corrected chi connectivity index (χ2v) is 12.1. The molecule has 274 valence electrons. The molecule has 13 N–H and O–H groups in total. The van der Waals surface area contributed by atoms with E-state index in [1.54, 1.807) is 20.1 Å². The molecule has 0 rings (SSSR count). The quantitative estimate of drug-likeness (QED) is 0.0471. The van der Waals surface area contributed by atoms with Gasteiger partial charge in [0.15, 0.2) is 6.04 Å². The Morgan fingerprint density at radius 2 is 1.19 bits per heavy atom. The topological polar surface area (TPSA) is 336 Å². The monoisotopic (exact) mass is 709 g/mol. The highest BCUT2D eigenvalue weighted by atomic mass is 32.2. The Morgan fingerprint density at radius 3 is 1.62 bits per heavy atom. The third kappa shape index (κ3) is 16.7. The lowest BCUT2D eigenvalue weighted by Gasteiger charge is -2.27. The van der Waals surface area contributed by atoms with Crippen LogP contribution in [0.25, 0.3) is 0 Å². The lowest BCUT2D eigenvalue weighted by Crippen LogP contribution is -2.61. The van der Waals surface area contributed by atoms with E-state index in [9.17, 15) is 58.8 Å². The van der Waals surface area contributed by atoms with Crippen molar-refractivity contribution in [3.63, 3.8) is 0 Å². The number of rotatable bonds is 23. The maximum atomic E-state index is 13.1. The molecular weight excluding hydrogens is 662 g/mol. The fourth-order valence-corrected chi connectivity index (χ4v) is 4.35. The summed E-state index contributed by atoms with van der Waals surface area (Å²) in [6.45, 7) is 1.96. The normalized spacial score (nSPS) is 15.4. The van der Waals surface area contributed by atoms with E-state index in [1.807, 2.05) is 5.32 Å². The number of thioether (sulfide) groups is 1. The zero-order chi connectivity index (χ0) is 37.1. The van der Waals surface area contributed by atoms with E-state index in [4.69, 9.17) is 10.8 Å². The van der Waals surface area contributed by atoms with Gasteiger partial charge in [-0.25, -0.2) is 4.79 Å². The van der Waals surface area contributed by atoms with E-state index in [2.05, 4.69) is 26.6 Å². The molecule has 6 amide bonds. The molecule has 20 nitrogen and oxygen atoms in total. The van der Waals surface area contributed by atoms with Crippen molar-refractivity contribution < 1.29 is 63.9 Å². The zero-order valence-corrected chi connectivity index (χ0v) is 27.9. The molecule has 48 heavy (non-hydrogen) atoms. The summed E-state index contributed by atoms with van der Waals surface area (Å²) < 4.78 is 0. The average molecular weight is 710 g/mol. The van der Waals surface area contributed by atoms with Crippen LogP contribution in [0, 0.1) is 5.92 Å². The van der Waals surface area contributed by atoms with Crippen LogP contribution < -0.4 is 37.6 Å². The summed E-state index contributed by atoms with van der Waals surface area (Å²) >= 11 is 1.33. The number of nitrogens with two attached hydrogens (primary N) is 1. The van der Waals surface area contributed by atoms with Gasteiger partial charge in [-0.3, -0.25) is 33.6 Å². The summed E-state index contributed by atoms with van der Waals surface area (Å²) in [7, 11) is 0. The number of hydrogen-bond donors (Lipinski definition) is 12. The lowest BCUT2D eigenvalue weighted by molar-refractivity contribution is -0.145. The summed E-state index contributed by atoms with van der Waals surface area (Å²) in [5.74, 6) is -8.50. The van der Waals surface area contributed by atoms with Gasteiger partial charge in [0.2, 0.25) is 35.4 Å². The third-order valence-corrected chi connectivity index (χ3v) is 7.08. The summed E-state index contributed by atoms with van der Waals surface area (Å²) in [6.07, 6.45) is -0.406. The largest absolute Gasteiger partial charge is 0.481 e. The molecule has 0 radical (unpaired) electrons. The van der Waals surface area contributed by atoms with Crippen LogP contribution in [0.3, 0.4) is 0 Å². The first-order valence-corrected chi connectivity index (χ1v) is 16.1. The van der Waals surface area contributed by atoms with Crippen LogP contribution in [-0.2, 0) is 38.4 Å². The molecule has 0 aliphatic rings. The molecule has 0 heterocycles. The van der Waals surface area contributed by atoms with Gasteiger partial charge in [0.1, 0.15) is 24.2 Å². The average Bonchev–Trinajstić information content (AvgIpc) is 3.00. The SMILES string of the molecule is CSCC[C@H](NC(=O)CNC(=O)[C@@H](N)CC(=O)O)C(=O)N[C@@H](CO)C(=O)N[C@@H](CC(C)C)C(=O)N[C@@H](CO)C(=O)N[C@H](C(=O)O)[C@@H](C)O. The summed E-state index contributed by atoms with van der Waals surface area (Å²) in [5, 5.41) is 60.4. The molecule has 21 heteroatoms. The standard InChI is InChI=1S/C27H47N7O13S/c1-12(2)7-16(24(43)33-18(11-36)26(45)34-21(13(3)37)27(46)47)31-25(44)17(10-35)32-23(42)15(5-6-48-4)30-19(38)9-29-22(41)14(28)8-20(39)40/h12-18,21,35-37H,5-11,28H2,1-4H3,(H,29,41)(H,30,38)(H,31,44)(H,32,42)(H,33,43)(H,34,45)(H,39,40)(H,46,47)/t13-,14+,15+,16+,17+,18+,21+/m1/s1. The van der Waals surface area contributed by atoms with Crippen LogP contribution in [0.15, 0.2) is 0 Å². The second-order valence-electron chi connectivity index (χ2n) is 11.1. The Hall–Kier alpha value is -4.05.